The van der Waals surface area contributed by atoms with E-state index >= 15 is 0 Å². The van der Waals surface area contributed by atoms with E-state index in [-0.39, 0.29) is 5.91 Å². The molecule has 1 aromatic carbocycles. The van der Waals surface area contributed by atoms with Gasteiger partial charge in [0.05, 0.1) is 24.9 Å². The van der Waals surface area contributed by atoms with Gasteiger partial charge in [-0.15, -0.1) is 0 Å². The van der Waals surface area contributed by atoms with Crippen molar-refractivity contribution in [2.45, 2.75) is 38.5 Å². The van der Waals surface area contributed by atoms with E-state index in [2.05, 4.69) is 5.32 Å². The Labute approximate surface area is 130 Å². The van der Waals surface area contributed by atoms with Crippen molar-refractivity contribution in [3.05, 3.63) is 17.2 Å². The number of halogens is 1. The van der Waals surface area contributed by atoms with Crippen molar-refractivity contribution >= 4 is 23.2 Å². The van der Waals surface area contributed by atoms with Crippen LogP contribution in [0.4, 0.5) is 5.69 Å². The van der Waals surface area contributed by atoms with Gasteiger partial charge < -0.3 is 14.8 Å². The second-order valence-corrected chi connectivity index (χ2v) is 5.83. The molecule has 0 heterocycles. The average molecular weight is 312 g/mol. The van der Waals surface area contributed by atoms with E-state index in [9.17, 15) is 4.79 Å². The molecule has 0 spiro atoms. The highest BCUT2D eigenvalue weighted by atomic mass is 35.5. The molecular weight excluding hydrogens is 290 g/mol. The quantitative estimate of drug-likeness (QED) is 0.853. The van der Waals surface area contributed by atoms with Crippen LogP contribution >= 0.6 is 11.6 Å². The number of rotatable bonds is 6. The highest BCUT2D eigenvalue weighted by Crippen LogP contribution is 2.36. The first-order chi connectivity index (χ1) is 10.1. The number of nitrogens with one attached hydrogen (secondary N) is 1. The molecule has 0 unspecified atom stereocenters. The molecule has 0 radical (unpaired) electrons. The minimum absolute atomic E-state index is 0.00369. The van der Waals surface area contributed by atoms with Crippen molar-refractivity contribution in [2.24, 2.45) is 5.92 Å². The summed E-state index contributed by atoms with van der Waals surface area (Å²) in [7, 11) is 3.10. The molecule has 0 aromatic heterocycles. The molecule has 116 valence electrons. The Balaban J connectivity index is 1.96. The lowest BCUT2D eigenvalue weighted by Gasteiger charge is -2.13. The zero-order chi connectivity index (χ0) is 15.2. The molecule has 1 aliphatic carbocycles. The van der Waals surface area contributed by atoms with Gasteiger partial charge in [0.15, 0.2) is 11.5 Å². The van der Waals surface area contributed by atoms with Gasteiger partial charge in [-0.1, -0.05) is 37.3 Å². The molecular formula is C16H22ClNO3. The summed E-state index contributed by atoms with van der Waals surface area (Å²) in [6.45, 7) is 0. The Morgan fingerprint density at radius 2 is 1.86 bits per heavy atom. The molecule has 1 N–H and O–H groups in total. The van der Waals surface area contributed by atoms with Gasteiger partial charge in [0.1, 0.15) is 0 Å². The average Bonchev–Trinajstić information content (AvgIpc) is 3.00. The standard InChI is InChI=1S/C16H22ClNO3/c1-20-14-9-12(17)13(10-15(14)21-2)18-16(19)8-7-11-5-3-4-6-11/h9-11H,3-8H2,1-2H3,(H,18,19). The predicted octanol–water partition coefficient (Wildman–Crippen LogP) is 4.27. The number of hydrogen-bond donors (Lipinski definition) is 1. The molecule has 1 fully saturated rings. The van der Waals surface area contributed by atoms with E-state index in [1.807, 2.05) is 0 Å². The Morgan fingerprint density at radius 3 is 2.48 bits per heavy atom. The SMILES string of the molecule is COc1cc(Cl)c(NC(=O)CCC2CCCC2)cc1OC. The first-order valence-corrected chi connectivity index (χ1v) is 7.73. The zero-order valence-electron chi connectivity index (χ0n) is 12.6. The molecule has 4 nitrogen and oxygen atoms in total. The number of benzene rings is 1. The second kappa shape index (κ2) is 7.55. The van der Waals surface area contributed by atoms with Gasteiger partial charge in [-0.25, -0.2) is 0 Å². The van der Waals surface area contributed by atoms with Crippen LogP contribution in [0.15, 0.2) is 12.1 Å². The van der Waals surface area contributed by atoms with Crippen molar-refractivity contribution in [3.8, 4) is 11.5 Å². The maximum atomic E-state index is 12.0. The molecule has 2 rings (SSSR count). The number of carbonyl (C=O) groups is 1. The molecule has 21 heavy (non-hydrogen) atoms. The topological polar surface area (TPSA) is 47.6 Å². The van der Waals surface area contributed by atoms with E-state index < -0.39 is 0 Å². The number of anilines is 1. The first kappa shape index (κ1) is 16.0. The van der Waals surface area contributed by atoms with E-state index in [0.717, 1.165) is 6.42 Å². The van der Waals surface area contributed by atoms with Gasteiger partial charge >= 0.3 is 0 Å². The fourth-order valence-corrected chi connectivity index (χ4v) is 3.00. The Hall–Kier alpha value is -1.42. The summed E-state index contributed by atoms with van der Waals surface area (Å²) in [4.78, 5) is 12.0. The van der Waals surface area contributed by atoms with Crippen LogP contribution in [0.1, 0.15) is 38.5 Å². The number of hydrogen-bond acceptors (Lipinski definition) is 3. The smallest absolute Gasteiger partial charge is 0.224 e. The van der Waals surface area contributed by atoms with Crippen molar-refractivity contribution < 1.29 is 14.3 Å². The lowest BCUT2D eigenvalue weighted by molar-refractivity contribution is -0.116. The molecule has 1 aliphatic rings. The monoisotopic (exact) mass is 311 g/mol. The Kier molecular flexibility index (Phi) is 5.74. The Bertz CT molecular complexity index is 499. The number of amides is 1. The molecule has 0 atom stereocenters. The summed E-state index contributed by atoms with van der Waals surface area (Å²) in [5.41, 5.74) is 0.561. The van der Waals surface area contributed by atoms with Crippen LogP contribution in [0, 0.1) is 5.92 Å². The summed E-state index contributed by atoms with van der Waals surface area (Å²) < 4.78 is 10.4. The molecule has 0 bridgehead atoms. The molecule has 0 aliphatic heterocycles. The number of ether oxygens (including phenoxy) is 2. The second-order valence-electron chi connectivity index (χ2n) is 5.42. The maximum Gasteiger partial charge on any atom is 0.224 e. The zero-order valence-corrected chi connectivity index (χ0v) is 13.3. The van der Waals surface area contributed by atoms with Crippen LogP contribution in [0.2, 0.25) is 5.02 Å². The van der Waals surface area contributed by atoms with E-state index in [1.165, 1.54) is 25.7 Å². The first-order valence-electron chi connectivity index (χ1n) is 7.35. The van der Waals surface area contributed by atoms with Crippen LogP contribution in [0.5, 0.6) is 11.5 Å². The highest BCUT2D eigenvalue weighted by Gasteiger charge is 2.17. The van der Waals surface area contributed by atoms with Crippen molar-refractivity contribution in [1.82, 2.24) is 0 Å². The summed E-state index contributed by atoms with van der Waals surface area (Å²) >= 11 is 6.16. The van der Waals surface area contributed by atoms with Gasteiger partial charge in [-0.2, -0.15) is 0 Å². The predicted molar refractivity (Wildman–Crippen MR) is 84.4 cm³/mol. The normalized spacial score (nSPS) is 15.0. The maximum absolute atomic E-state index is 12.0. The summed E-state index contributed by atoms with van der Waals surface area (Å²) in [6.07, 6.45) is 6.60. The van der Waals surface area contributed by atoms with Gasteiger partial charge in [-0.05, 0) is 12.3 Å². The minimum Gasteiger partial charge on any atom is -0.493 e. The molecule has 0 saturated heterocycles. The Morgan fingerprint density at radius 1 is 1.24 bits per heavy atom. The van der Waals surface area contributed by atoms with Crippen LogP contribution in [-0.4, -0.2) is 20.1 Å². The summed E-state index contributed by atoms with van der Waals surface area (Å²) in [6, 6.07) is 3.33. The molecule has 1 saturated carbocycles. The third-order valence-corrected chi connectivity index (χ3v) is 4.31. The number of carbonyl (C=O) groups excluding carboxylic acids is 1. The third kappa shape index (κ3) is 4.27. The summed E-state index contributed by atoms with van der Waals surface area (Å²) in [5, 5.41) is 3.30. The highest BCUT2D eigenvalue weighted by molar-refractivity contribution is 6.34. The van der Waals surface area contributed by atoms with Crippen LogP contribution in [0.3, 0.4) is 0 Å². The third-order valence-electron chi connectivity index (χ3n) is 4.00. The van der Waals surface area contributed by atoms with Crippen LogP contribution < -0.4 is 14.8 Å². The van der Waals surface area contributed by atoms with Gasteiger partial charge in [0, 0.05) is 18.6 Å². The largest absolute Gasteiger partial charge is 0.493 e. The molecule has 1 aromatic rings. The van der Waals surface area contributed by atoms with Crippen LogP contribution in [0.25, 0.3) is 0 Å². The lowest BCUT2D eigenvalue weighted by Crippen LogP contribution is -2.13. The molecule has 1 amide bonds. The van der Waals surface area contributed by atoms with Gasteiger partial charge in [0.25, 0.3) is 0 Å². The van der Waals surface area contributed by atoms with E-state index in [1.54, 1.807) is 26.4 Å². The minimum atomic E-state index is -0.00369. The van der Waals surface area contributed by atoms with E-state index in [4.69, 9.17) is 21.1 Å². The number of methoxy groups -OCH3 is 2. The fourth-order valence-electron chi connectivity index (χ4n) is 2.80. The van der Waals surface area contributed by atoms with Crippen molar-refractivity contribution in [2.75, 3.05) is 19.5 Å². The van der Waals surface area contributed by atoms with Crippen molar-refractivity contribution in [3.63, 3.8) is 0 Å². The van der Waals surface area contributed by atoms with E-state index in [0.29, 0.717) is 34.5 Å². The lowest BCUT2D eigenvalue weighted by atomic mass is 10.0. The summed E-state index contributed by atoms with van der Waals surface area (Å²) in [5.74, 6) is 1.80. The van der Waals surface area contributed by atoms with Gasteiger partial charge in [0.2, 0.25) is 5.91 Å². The fraction of sp³-hybridized carbons (Fsp3) is 0.562. The van der Waals surface area contributed by atoms with Crippen LogP contribution in [-0.2, 0) is 4.79 Å². The van der Waals surface area contributed by atoms with Crippen molar-refractivity contribution in [1.29, 1.82) is 0 Å². The van der Waals surface area contributed by atoms with Gasteiger partial charge in [-0.3, -0.25) is 4.79 Å². The molecule has 5 heteroatoms.